The van der Waals surface area contributed by atoms with Gasteiger partial charge in [0.05, 0.1) is 6.42 Å². The third-order valence-corrected chi connectivity index (χ3v) is 2.02. The van der Waals surface area contributed by atoms with Gasteiger partial charge in [0.15, 0.2) is 0 Å². The maximum atomic E-state index is 10.5. The molecule has 0 heterocycles. The molecule has 0 saturated carbocycles. The lowest BCUT2D eigenvalue weighted by atomic mass is 10.0. The number of hydrogen-bond acceptors (Lipinski definition) is 2. The Balaban J connectivity index is 2.90. The van der Waals surface area contributed by atoms with Gasteiger partial charge in [0, 0.05) is 5.56 Å². The van der Waals surface area contributed by atoms with Crippen LogP contribution >= 0.6 is 0 Å². The van der Waals surface area contributed by atoms with Crippen LogP contribution in [0.15, 0.2) is 18.2 Å². The molecule has 2 N–H and O–H groups in total. The molecule has 1 aromatic rings. The summed E-state index contributed by atoms with van der Waals surface area (Å²) in [4.78, 5) is 10.5. The minimum absolute atomic E-state index is 0.0623. The van der Waals surface area contributed by atoms with Crippen LogP contribution in [-0.4, -0.2) is 16.2 Å². The van der Waals surface area contributed by atoms with Crippen molar-refractivity contribution in [2.45, 2.75) is 26.2 Å². The number of phenols is 1. The van der Waals surface area contributed by atoms with Crippen molar-refractivity contribution in [1.29, 1.82) is 0 Å². The van der Waals surface area contributed by atoms with E-state index in [-0.39, 0.29) is 12.2 Å². The summed E-state index contributed by atoms with van der Waals surface area (Å²) in [7, 11) is 0. The Morgan fingerprint density at radius 1 is 1.43 bits per heavy atom. The van der Waals surface area contributed by atoms with Gasteiger partial charge < -0.3 is 10.2 Å². The van der Waals surface area contributed by atoms with Gasteiger partial charge in [-0.1, -0.05) is 25.5 Å². The first-order valence-electron chi connectivity index (χ1n) is 4.66. The van der Waals surface area contributed by atoms with Crippen molar-refractivity contribution in [3.05, 3.63) is 29.3 Å². The standard InChI is InChI=1S/C11H14O3/c1-2-3-8-4-5-10(12)9(6-8)7-11(13)14/h4-6,12H,2-3,7H2,1H3,(H,13,14). The fourth-order valence-electron chi connectivity index (χ4n) is 1.39. The van der Waals surface area contributed by atoms with E-state index < -0.39 is 5.97 Å². The molecule has 0 aromatic heterocycles. The average molecular weight is 194 g/mol. The highest BCUT2D eigenvalue weighted by molar-refractivity contribution is 5.71. The van der Waals surface area contributed by atoms with Gasteiger partial charge >= 0.3 is 5.97 Å². The van der Waals surface area contributed by atoms with Gasteiger partial charge in [0.1, 0.15) is 5.75 Å². The van der Waals surface area contributed by atoms with E-state index >= 15 is 0 Å². The number of aromatic hydroxyl groups is 1. The summed E-state index contributed by atoms with van der Waals surface area (Å²) in [6.07, 6.45) is 1.80. The lowest BCUT2D eigenvalue weighted by molar-refractivity contribution is -0.136. The number of hydrogen-bond donors (Lipinski definition) is 2. The lowest BCUT2D eigenvalue weighted by Crippen LogP contribution is -2.01. The topological polar surface area (TPSA) is 57.5 Å². The van der Waals surface area contributed by atoms with Crippen molar-refractivity contribution in [2.24, 2.45) is 0 Å². The van der Waals surface area contributed by atoms with E-state index in [1.165, 1.54) is 0 Å². The first kappa shape index (κ1) is 10.6. The minimum atomic E-state index is -0.922. The van der Waals surface area contributed by atoms with E-state index in [9.17, 15) is 9.90 Å². The van der Waals surface area contributed by atoms with Gasteiger partial charge in [-0.15, -0.1) is 0 Å². The Bertz CT molecular complexity index is 331. The maximum absolute atomic E-state index is 10.5. The third kappa shape index (κ3) is 2.76. The van der Waals surface area contributed by atoms with Crippen LogP contribution < -0.4 is 0 Å². The summed E-state index contributed by atoms with van der Waals surface area (Å²) >= 11 is 0. The molecule has 0 aliphatic rings. The highest BCUT2D eigenvalue weighted by Crippen LogP contribution is 2.19. The van der Waals surface area contributed by atoms with Crippen LogP contribution in [0.2, 0.25) is 0 Å². The second-order valence-electron chi connectivity index (χ2n) is 3.28. The van der Waals surface area contributed by atoms with E-state index in [0.717, 1.165) is 18.4 Å². The van der Waals surface area contributed by atoms with Gasteiger partial charge in [-0.25, -0.2) is 0 Å². The Morgan fingerprint density at radius 3 is 2.71 bits per heavy atom. The number of aryl methyl sites for hydroxylation is 1. The summed E-state index contributed by atoms with van der Waals surface area (Å²) in [5.74, 6) is -0.860. The van der Waals surface area contributed by atoms with Crippen molar-refractivity contribution in [3.63, 3.8) is 0 Å². The number of benzene rings is 1. The number of rotatable bonds is 4. The molecule has 0 atom stereocenters. The molecule has 14 heavy (non-hydrogen) atoms. The van der Waals surface area contributed by atoms with E-state index in [0.29, 0.717) is 5.56 Å². The molecule has 0 bridgehead atoms. The van der Waals surface area contributed by atoms with Crippen LogP contribution in [0.1, 0.15) is 24.5 Å². The van der Waals surface area contributed by atoms with Crippen molar-refractivity contribution in [2.75, 3.05) is 0 Å². The van der Waals surface area contributed by atoms with Gasteiger partial charge in [0.2, 0.25) is 0 Å². The molecule has 0 aliphatic carbocycles. The van der Waals surface area contributed by atoms with Crippen LogP contribution in [0.4, 0.5) is 0 Å². The zero-order valence-corrected chi connectivity index (χ0v) is 8.16. The summed E-state index contributed by atoms with van der Waals surface area (Å²) in [5.41, 5.74) is 1.56. The predicted molar refractivity (Wildman–Crippen MR) is 53.4 cm³/mol. The van der Waals surface area contributed by atoms with Crippen molar-refractivity contribution in [3.8, 4) is 5.75 Å². The molecule has 0 saturated heterocycles. The number of phenolic OH excluding ortho intramolecular Hbond substituents is 1. The molecule has 0 fully saturated rings. The second-order valence-corrected chi connectivity index (χ2v) is 3.28. The van der Waals surface area contributed by atoms with Gasteiger partial charge in [-0.3, -0.25) is 4.79 Å². The molecule has 3 nitrogen and oxygen atoms in total. The minimum Gasteiger partial charge on any atom is -0.508 e. The first-order valence-corrected chi connectivity index (χ1v) is 4.66. The Morgan fingerprint density at radius 2 is 2.14 bits per heavy atom. The number of carboxylic acids is 1. The Kier molecular flexibility index (Phi) is 3.51. The first-order chi connectivity index (χ1) is 6.63. The van der Waals surface area contributed by atoms with Crippen molar-refractivity contribution >= 4 is 5.97 Å². The van der Waals surface area contributed by atoms with Crippen LogP contribution in [0.25, 0.3) is 0 Å². The van der Waals surface area contributed by atoms with Crippen molar-refractivity contribution in [1.82, 2.24) is 0 Å². The fourth-order valence-corrected chi connectivity index (χ4v) is 1.39. The quantitative estimate of drug-likeness (QED) is 0.770. The smallest absolute Gasteiger partial charge is 0.307 e. The van der Waals surface area contributed by atoms with Gasteiger partial charge in [-0.05, 0) is 18.1 Å². The summed E-state index contributed by atoms with van der Waals surface area (Å²) < 4.78 is 0. The van der Waals surface area contributed by atoms with Crippen molar-refractivity contribution < 1.29 is 15.0 Å². The Hall–Kier alpha value is -1.51. The van der Waals surface area contributed by atoms with E-state index in [4.69, 9.17) is 5.11 Å². The molecule has 3 heteroatoms. The SMILES string of the molecule is CCCc1ccc(O)c(CC(=O)O)c1. The molecule has 1 aromatic carbocycles. The van der Waals surface area contributed by atoms with E-state index in [1.54, 1.807) is 12.1 Å². The Labute approximate surface area is 83.0 Å². The largest absolute Gasteiger partial charge is 0.508 e. The fraction of sp³-hybridized carbons (Fsp3) is 0.364. The molecular formula is C11H14O3. The molecule has 0 unspecified atom stereocenters. The summed E-state index contributed by atoms with van der Waals surface area (Å²) in [6.45, 7) is 2.06. The molecular weight excluding hydrogens is 180 g/mol. The van der Waals surface area contributed by atoms with Crippen LogP contribution in [-0.2, 0) is 17.6 Å². The zero-order chi connectivity index (χ0) is 10.6. The normalized spacial score (nSPS) is 10.1. The predicted octanol–water partition coefficient (Wildman–Crippen LogP) is 1.97. The number of aliphatic carboxylic acids is 1. The molecule has 0 amide bonds. The summed E-state index contributed by atoms with van der Waals surface area (Å²) in [5, 5.41) is 18.0. The third-order valence-electron chi connectivity index (χ3n) is 2.02. The zero-order valence-electron chi connectivity index (χ0n) is 8.16. The van der Waals surface area contributed by atoms with Crippen LogP contribution in [0, 0.1) is 0 Å². The average Bonchev–Trinajstić information content (AvgIpc) is 2.10. The van der Waals surface area contributed by atoms with E-state index in [1.807, 2.05) is 6.07 Å². The molecule has 0 aliphatic heterocycles. The lowest BCUT2D eigenvalue weighted by Gasteiger charge is -2.04. The van der Waals surface area contributed by atoms with Gasteiger partial charge in [0.25, 0.3) is 0 Å². The maximum Gasteiger partial charge on any atom is 0.307 e. The number of carboxylic acid groups (broad SMARTS) is 1. The van der Waals surface area contributed by atoms with Crippen LogP contribution in [0.3, 0.4) is 0 Å². The molecule has 1 rings (SSSR count). The number of carbonyl (C=O) groups is 1. The highest BCUT2D eigenvalue weighted by Gasteiger charge is 2.06. The van der Waals surface area contributed by atoms with Crippen LogP contribution in [0.5, 0.6) is 5.75 Å². The monoisotopic (exact) mass is 194 g/mol. The molecule has 0 radical (unpaired) electrons. The second kappa shape index (κ2) is 4.65. The molecule has 0 spiro atoms. The summed E-state index contributed by atoms with van der Waals surface area (Å²) in [6, 6.07) is 5.14. The highest BCUT2D eigenvalue weighted by atomic mass is 16.4. The van der Waals surface area contributed by atoms with Gasteiger partial charge in [-0.2, -0.15) is 0 Å². The molecule has 76 valence electrons. The van der Waals surface area contributed by atoms with E-state index in [2.05, 4.69) is 6.92 Å².